The fourth-order valence-corrected chi connectivity index (χ4v) is 4.88. The number of fused-ring (bicyclic) bond motifs is 1. The quantitative estimate of drug-likeness (QED) is 0.574. The summed E-state index contributed by atoms with van der Waals surface area (Å²) in [5, 5.41) is 2.96. The van der Waals surface area contributed by atoms with Gasteiger partial charge in [-0.25, -0.2) is 14.6 Å². The van der Waals surface area contributed by atoms with Crippen molar-refractivity contribution in [3.05, 3.63) is 81.9 Å². The summed E-state index contributed by atoms with van der Waals surface area (Å²) in [5.41, 5.74) is 1.96. The fourth-order valence-electron chi connectivity index (χ4n) is 3.91. The lowest BCUT2D eigenvalue weighted by Gasteiger charge is -2.38. The zero-order valence-electron chi connectivity index (χ0n) is 20.4. The van der Waals surface area contributed by atoms with E-state index in [1.54, 1.807) is 43.3 Å². The monoisotopic (exact) mass is 521 g/mol. The number of aliphatic imine (C=N–C) groups is 1. The zero-order valence-corrected chi connectivity index (χ0v) is 21.3. The molecule has 0 bridgehead atoms. The molecule has 4 rings (SSSR count). The molecule has 1 atom stereocenters. The number of thioether (sulfide) groups is 1. The van der Waals surface area contributed by atoms with Gasteiger partial charge < -0.3 is 19.5 Å². The van der Waals surface area contributed by atoms with E-state index in [9.17, 15) is 19.2 Å². The number of hydrogen-bond acceptors (Lipinski definition) is 9. The summed E-state index contributed by atoms with van der Waals surface area (Å²) in [6, 6.07) is 12.3. The molecule has 0 fully saturated rings. The summed E-state index contributed by atoms with van der Waals surface area (Å²) < 4.78 is 15.0. The van der Waals surface area contributed by atoms with Crippen molar-refractivity contribution in [3.8, 4) is 5.75 Å². The second-order valence-electron chi connectivity index (χ2n) is 7.91. The number of carbonyl (C=O) groups excluding carboxylic acids is 4. The van der Waals surface area contributed by atoms with Crippen molar-refractivity contribution in [3.63, 3.8) is 0 Å². The van der Waals surface area contributed by atoms with Gasteiger partial charge in [-0.3, -0.25) is 14.5 Å². The van der Waals surface area contributed by atoms with Crippen molar-refractivity contribution in [2.45, 2.75) is 13.0 Å². The van der Waals surface area contributed by atoms with Crippen LogP contribution >= 0.6 is 11.8 Å². The average molecular weight is 522 g/mol. The molecule has 11 heteroatoms. The number of benzene rings is 2. The highest BCUT2D eigenvalue weighted by Crippen LogP contribution is 2.42. The van der Waals surface area contributed by atoms with Crippen molar-refractivity contribution in [2.75, 3.05) is 26.6 Å². The Morgan fingerprint density at radius 2 is 1.70 bits per heavy atom. The van der Waals surface area contributed by atoms with Crippen LogP contribution in [0.4, 0.5) is 5.69 Å². The van der Waals surface area contributed by atoms with Gasteiger partial charge in [0.2, 0.25) is 0 Å². The number of nitrogens with one attached hydrogen (secondary N) is 1. The Morgan fingerprint density at radius 1 is 1.00 bits per heavy atom. The molecule has 0 aromatic heterocycles. The lowest BCUT2D eigenvalue weighted by molar-refractivity contribution is -0.137. The molecule has 0 unspecified atom stereocenters. The minimum Gasteiger partial charge on any atom is -0.497 e. The molecule has 2 aromatic rings. The number of carbonyl (C=O) groups is 4. The van der Waals surface area contributed by atoms with Crippen molar-refractivity contribution in [2.24, 2.45) is 4.99 Å². The summed E-state index contributed by atoms with van der Waals surface area (Å²) in [6.45, 7) is 1.65. The van der Waals surface area contributed by atoms with Gasteiger partial charge >= 0.3 is 11.9 Å². The molecule has 1 N–H and O–H groups in total. The van der Waals surface area contributed by atoms with Gasteiger partial charge in [0.05, 0.1) is 49.1 Å². The first kappa shape index (κ1) is 25.7. The molecule has 0 saturated heterocycles. The number of nitrogens with zero attached hydrogens (tertiary/aromatic N) is 2. The highest BCUT2D eigenvalue weighted by atomic mass is 32.2. The molecule has 0 aliphatic carbocycles. The lowest BCUT2D eigenvalue weighted by Crippen LogP contribution is -2.45. The van der Waals surface area contributed by atoms with Crippen LogP contribution in [0.1, 0.15) is 28.9 Å². The van der Waals surface area contributed by atoms with Gasteiger partial charge in [0.1, 0.15) is 5.75 Å². The van der Waals surface area contributed by atoms with E-state index in [4.69, 9.17) is 9.47 Å². The van der Waals surface area contributed by atoms with E-state index in [1.165, 1.54) is 44.4 Å². The van der Waals surface area contributed by atoms with E-state index in [0.717, 1.165) is 11.8 Å². The van der Waals surface area contributed by atoms with Crippen LogP contribution in [0.3, 0.4) is 0 Å². The van der Waals surface area contributed by atoms with Gasteiger partial charge in [-0.15, -0.1) is 0 Å². The average Bonchev–Trinajstić information content (AvgIpc) is 2.91. The Bertz CT molecular complexity index is 1380. The van der Waals surface area contributed by atoms with Gasteiger partial charge in [0.15, 0.2) is 5.17 Å². The minimum absolute atomic E-state index is 0.121. The van der Waals surface area contributed by atoms with Crippen molar-refractivity contribution >= 4 is 46.4 Å². The summed E-state index contributed by atoms with van der Waals surface area (Å²) in [5.74, 6) is -1.61. The molecule has 2 aromatic carbocycles. The molecule has 37 heavy (non-hydrogen) atoms. The Labute approximate surface area is 217 Å². The topological polar surface area (TPSA) is 124 Å². The molecule has 2 heterocycles. The Hall–Kier alpha value is -4.38. The summed E-state index contributed by atoms with van der Waals surface area (Å²) >= 11 is 1.00. The number of methoxy groups -OCH3 is 3. The summed E-state index contributed by atoms with van der Waals surface area (Å²) in [6.07, 6.45) is 1.20. The van der Waals surface area contributed by atoms with Crippen molar-refractivity contribution in [1.29, 1.82) is 0 Å². The molecule has 10 nitrogen and oxygen atoms in total. The van der Waals surface area contributed by atoms with E-state index in [-0.39, 0.29) is 15.6 Å². The summed E-state index contributed by atoms with van der Waals surface area (Å²) in [7, 11) is 4.06. The Kier molecular flexibility index (Phi) is 7.44. The van der Waals surface area contributed by atoms with Crippen molar-refractivity contribution < 1.29 is 33.4 Å². The van der Waals surface area contributed by atoms with Crippen LogP contribution in [0, 0.1) is 0 Å². The first-order valence-corrected chi connectivity index (χ1v) is 11.8. The largest absolute Gasteiger partial charge is 0.497 e. The molecule has 0 spiro atoms. The van der Waals surface area contributed by atoms with Crippen LogP contribution in [-0.2, 0) is 23.9 Å². The molecular formula is C26H23N3O7S. The number of anilines is 1. The SMILES string of the molecule is COC(=O)C1=C(C)N=C2SC(C(=O)Nc3ccc(C(=O)OC)cc3)=CC(=O)N2[C@@H]1c1cccc(OC)c1. The van der Waals surface area contributed by atoms with Crippen LogP contribution in [0.25, 0.3) is 0 Å². The standard InChI is InChI=1S/C26H23N3O7S/c1-14-21(25(33)36-4)22(16-6-5-7-18(12-16)34-2)29-20(30)13-19(37-26(29)27-14)23(31)28-17-10-8-15(9-11-17)24(32)35-3/h5-13,22H,1-4H3,(H,28,31)/t22-/m1/s1. The van der Waals surface area contributed by atoms with Crippen LogP contribution in [0.15, 0.2) is 75.8 Å². The number of rotatable bonds is 6. The van der Waals surface area contributed by atoms with Gasteiger partial charge in [-0.05, 0) is 60.6 Å². The number of amidine groups is 1. The lowest BCUT2D eigenvalue weighted by atomic mass is 9.94. The van der Waals surface area contributed by atoms with E-state index in [0.29, 0.717) is 28.3 Å². The van der Waals surface area contributed by atoms with Crippen LogP contribution < -0.4 is 10.1 Å². The van der Waals surface area contributed by atoms with Gasteiger partial charge in [0, 0.05) is 11.8 Å². The molecule has 0 saturated carbocycles. The predicted molar refractivity (Wildman–Crippen MR) is 137 cm³/mol. The first-order chi connectivity index (χ1) is 17.8. The molecular weight excluding hydrogens is 498 g/mol. The minimum atomic E-state index is -0.832. The van der Waals surface area contributed by atoms with Crippen LogP contribution in [-0.4, -0.2) is 55.1 Å². The van der Waals surface area contributed by atoms with E-state index in [2.05, 4.69) is 15.0 Å². The molecule has 190 valence electrons. The number of amides is 2. The number of hydrogen-bond donors (Lipinski definition) is 1. The van der Waals surface area contributed by atoms with Gasteiger partial charge in [-0.1, -0.05) is 12.1 Å². The predicted octanol–water partition coefficient (Wildman–Crippen LogP) is 3.44. The van der Waals surface area contributed by atoms with E-state index >= 15 is 0 Å². The second-order valence-corrected chi connectivity index (χ2v) is 8.92. The van der Waals surface area contributed by atoms with E-state index in [1.807, 2.05) is 0 Å². The Morgan fingerprint density at radius 3 is 2.35 bits per heavy atom. The third-order valence-corrected chi connectivity index (χ3v) is 6.68. The fraction of sp³-hybridized carbons (Fsp3) is 0.192. The number of allylic oxidation sites excluding steroid dienone is 1. The normalized spacial score (nSPS) is 16.8. The third-order valence-electron chi connectivity index (χ3n) is 5.69. The molecule has 2 amide bonds. The highest BCUT2D eigenvalue weighted by Gasteiger charge is 2.42. The van der Waals surface area contributed by atoms with Crippen LogP contribution in [0.2, 0.25) is 0 Å². The van der Waals surface area contributed by atoms with E-state index < -0.39 is 29.8 Å². The van der Waals surface area contributed by atoms with Crippen LogP contribution in [0.5, 0.6) is 5.75 Å². The van der Waals surface area contributed by atoms with Crippen molar-refractivity contribution in [1.82, 2.24) is 4.90 Å². The maximum absolute atomic E-state index is 13.4. The maximum atomic E-state index is 13.4. The highest BCUT2D eigenvalue weighted by molar-refractivity contribution is 8.18. The molecule has 0 radical (unpaired) electrons. The Balaban J connectivity index is 1.66. The second kappa shape index (κ2) is 10.7. The zero-order chi connectivity index (χ0) is 26.7. The number of ether oxygens (including phenoxy) is 3. The van der Waals surface area contributed by atoms with Gasteiger partial charge in [-0.2, -0.15) is 0 Å². The first-order valence-electron chi connectivity index (χ1n) is 11.0. The smallest absolute Gasteiger partial charge is 0.338 e. The molecule has 2 aliphatic rings. The third kappa shape index (κ3) is 5.12. The maximum Gasteiger partial charge on any atom is 0.338 e. The molecule has 2 aliphatic heterocycles. The summed E-state index contributed by atoms with van der Waals surface area (Å²) in [4.78, 5) is 56.6. The van der Waals surface area contributed by atoms with Gasteiger partial charge in [0.25, 0.3) is 11.8 Å². The number of esters is 2.